The molecule has 2 aromatic rings. The van der Waals surface area contributed by atoms with Crippen LogP contribution < -0.4 is 10.2 Å². The Morgan fingerprint density at radius 1 is 1.08 bits per heavy atom. The fraction of sp³-hybridized carbons (Fsp3) is 0.300. The van der Waals surface area contributed by atoms with Crippen molar-refractivity contribution in [1.29, 1.82) is 0 Å². The van der Waals surface area contributed by atoms with Crippen LogP contribution in [-0.4, -0.2) is 37.6 Å². The van der Waals surface area contributed by atoms with Crippen molar-refractivity contribution < 1.29 is 14.3 Å². The van der Waals surface area contributed by atoms with Crippen LogP contribution in [0.5, 0.6) is 0 Å². The van der Waals surface area contributed by atoms with Gasteiger partial charge in [-0.25, -0.2) is 0 Å². The predicted molar refractivity (Wildman–Crippen MR) is 96.3 cm³/mol. The van der Waals surface area contributed by atoms with Gasteiger partial charge < -0.3 is 15.0 Å². The molecule has 0 aromatic heterocycles. The zero-order chi connectivity index (χ0) is 17.5. The standard InChI is InChI=1S/C20H22N2O3/c23-19(12-11-16-7-3-1-4-8-16)21-13-18-14-22(20(24)15-25-18)17-9-5-2-6-10-17/h1-10,18H,11-15H2,(H,21,23). The van der Waals surface area contributed by atoms with E-state index < -0.39 is 0 Å². The molecule has 1 aliphatic rings. The predicted octanol–water partition coefficient (Wildman–Crippen LogP) is 2.17. The van der Waals surface area contributed by atoms with E-state index in [1.807, 2.05) is 60.7 Å². The molecule has 1 N–H and O–H groups in total. The van der Waals surface area contributed by atoms with E-state index in [1.165, 1.54) is 0 Å². The Morgan fingerprint density at radius 2 is 1.76 bits per heavy atom. The largest absolute Gasteiger partial charge is 0.365 e. The number of nitrogens with zero attached hydrogens (tertiary/aromatic N) is 1. The highest BCUT2D eigenvalue weighted by Crippen LogP contribution is 2.17. The fourth-order valence-electron chi connectivity index (χ4n) is 2.82. The molecule has 0 spiro atoms. The van der Waals surface area contributed by atoms with Gasteiger partial charge in [-0.1, -0.05) is 48.5 Å². The second kappa shape index (κ2) is 8.44. The summed E-state index contributed by atoms with van der Waals surface area (Å²) in [5.74, 6) is -0.0616. The van der Waals surface area contributed by atoms with Gasteiger partial charge in [-0.3, -0.25) is 9.59 Å². The molecule has 1 unspecified atom stereocenters. The van der Waals surface area contributed by atoms with Gasteiger partial charge in [-0.2, -0.15) is 0 Å². The molecule has 1 atom stereocenters. The number of morpholine rings is 1. The SMILES string of the molecule is O=C(CCc1ccccc1)NCC1CN(c2ccccc2)C(=O)CO1. The Hall–Kier alpha value is -2.66. The quantitative estimate of drug-likeness (QED) is 0.878. The number of hydrogen-bond acceptors (Lipinski definition) is 3. The van der Waals surface area contributed by atoms with Gasteiger partial charge >= 0.3 is 0 Å². The lowest BCUT2D eigenvalue weighted by molar-refractivity contribution is -0.129. The van der Waals surface area contributed by atoms with E-state index in [-0.39, 0.29) is 24.5 Å². The van der Waals surface area contributed by atoms with Gasteiger partial charge in [0.1, 0.15) is 6.61 Å². The number of ether oxygens (including phenoxy) is 1. The molecule has 2 amide bonds. The van der Waals surface area contributed by atoms with Gasteiger partial charge in [0.05, 0.1) is 12.6 Å². The summed E-state index contributed by atoms with van der Waals surface area (Å²) in [5, 5.41) is 2.91. The number of para-hydroxylation sites is 1. The van der Waals surface area contributed by atoms with E-state index >= 15 is 0 Å². The summed E-state index contributed by atoms with van der Waals surface area (Å²) in [6.07, 6.45) is 0.962. The van der Waals surface area contributed by atoms with Crippen molar-refractivity contribution in [3.05, 3.63) is 66.2 Å². The van der Waals surface area contributed by atoms with Crippen molar-refractivity contribution in [2.45, 2.75) is 18.9 Å². The number of carbonyl (C=O) groups excluding carboxylic acids is 2. The number of nitrogens with one attached hydrogen (secondary N) is 1. The lowest BCUT2D eigenvalue weighted by Crippen LogP contribution is -2.50. The summed E-state index contributed by atoms with van der Waals surface area (Å²) in [6, 6.07) is 19.5. The molecule has 1 fully saturated rings. The number of anilines is 1. The van der Waals surface area contributed by atoms with Gasteiger partial charge in [0.2, 0.25) is 5.91 Å². The fourth-order valence-corrected chi connectivity index (χ4v) is 2.82. The van der Waals surface area contributed by atoms with Crippen LogP contribution in [0, 0.1) is 0 Å². The van der Waals surface area contributed by atoms with Crippen LogP contribution in [0.25, 0.3) is 0 Å². The Balaban J connectivity index is 1.46. The van der Waals surface area contributed by atoms with Gasteiger partial charge in [-0.15, -0.1) is 0 Å². The maximum Gasteiger partial charge on any atom is 0.253 e. The molecule has 2 aromatic carbocycles. The monoisotopic (exact) mass is 338 g/mol. The van der Waals surface area contributed by atoms with Crippen LogP contribution in [0.4, 0.5) is 5.69 Å². The first-order chi connectivity index (χ1) is 12.2. The van der Waals surface area contributed by atoms with Gasteiger partial charge in [0, 0.05) is 18.7 Å². The number of rotatable bonds is 6. The Bertz CT molecular complexity index is 703. The van der Waals surface area contributed by atoms with Gasteiger partial charge in [0.15, 0.2) is 0 Å². The molecule has 5 heteroatoms. The maximum absolute atomic E-state index is 12.1. The zero-order valence-corrected chi connectivity index (χ0v) is 14.1. The average Bonchev–Trinajstić information content (AvgIpc) is 2.67. The van der Waals surface area contributed by atoms with Gasteiger partial charge in [-0.05, 0) is 24.1 Å². The summed E-state index contributed by atoms with van der Waals surface area (Å²) < 4.78 is 5.55. The first-order valence-electron chi connectivity index (χ1n) is 8.50. The molecular formula is C20H22N2O3. The molecule has 1 saturated heterocycles. The van der Waals surface area contributed by atoms with Crippen LogP contribution in [0.3, 0.4) is 0 Å². The van der Waals surface area contributed by atoms with E-state index in [0.29, 0.717) is 25.9 Å². The second-order valence-electron chi connectivity index (χ2n) is 6.06. The van der Waals surface area contributed by atoms with Gasteiger partial charge in [0.25, 0.3) is 5.91 Å². The molecule has 0 bridgehead atoms. The van der Waals surface area contributed by atoms with Crippen LogP contribution in [0.2, 0.25) is 0 Å². The van der Waals surface area contributed by atoms with Crippen LogP contribution in [0.1, 0.15) is 12.0 Å². The van der Waals surface area contributed by atoms with Crippen molar-refractivity contribution in [1.82, 2.24) is 5.32 Å². The second-order valence-corrected chi connectivity index (χ2v) is 6.06. The van der Waals surface area contributed by atoms with E-state index in [9.17, 15) is 9.59 Å². The molecule has 0 saturated carbocycles. The minimum absolute atomic E-state index is 0.00406. The molecule has 130 valence electrons. The van der Waals surface area contributed by atoms with Crippen molar-refractivity contribution in [2.75, 3.05) is 24.6 Å². The van der Waals surface area contributed by atoms with E-state index in [4.69, 9.17) is 4.74 Å². The molecule has 0 radical (unpaired) electrons. The number of hydrogen-bond donors (Lipinski definition) is 1. The number of amides is 2. The van der Waals surface area contributed by atoms with Crippen molar-refractivity contribution in [2.24, 2.45) is 0 Å². The summed E-state index contributed by atoms with van der Waals surface area (Å²) in [5.41, 5.74) is 2.00. The van der Waals surface area contributed by atoms with Crippen molar-refractivity contribution in [3.8, 4) is 0 Å². The highest BCUT2D eigenvalue weighted by Gasteiger charge is 2.27. The molecule has 1 heterocycles. The molecule has 1 aliphatic heterocycles. The third-order valence-electron chi connectivity index (χ3n) is 4.21. The highest BCUT2D eigenvalue weighted by molar-refractivity contribution is 5.95. The Labute approximate surface area is 147 Å². The van der Waals surface area contributed by atoms with Crippen LogP contribution >= 0.6 is 0 Å². The lowest BCUT2D eigenvalue weighted by atomic mass is 10.1. The first kappa shape index (κ1) is 17.2. The first-order valence-corrected chi connectivity index (χ1v) is 8.50. The van der Waals surface area contributed by atoms with E-state index in [2.05, 4.69) is 5.32 Å². The van der Waals surface area contributed by atoms with Crippen molar-refractivity contribution >= 4 is 17.5 Å². The average molecular weight is 338 g/mol. The Kier molecular flexibility index (Phi) is 5.80. The summed E-state index contributed by atoms with van der Waals surface area (Å²) in [6.45, 7) is 0.894. The van der Waals surface area contributed by atoms with Crippen LogP contribution in [0.15, 0.2) is 60.7 Å². The molecular weight excluding hydrogens is 316 g/mol. The number of carbonyl (C=O) groups is 2. The molecule has 25 heavy (non-hydrogen) atoms. The number of benzene rings is 2. The molecule has 5 nitrogen and oxygen atoms in total. The van der Waals surface area contributed by atoms with Crippen LogP contribution in [-0.2, 0) is 20.7 Å². The number of aryl methyl sites for hydroxylation is 1. The summed E-state index contributed by atoms with van der Waals surface area (Å²) >= 11 is 0. The Morgan fingerprint density at radius 3 is 2.48 bits per heavy atom. The highest BCUT2D eigenvalue weighted by atomic mass is 16.5. The summed E-state index contributed by atoms with van der Waals surface area (Å²) in [7, 11) is 0. The van der Waals surface area contributed by atoms with Crippen molar-refractivity contribution in [3.63, 3.8) is 0 Å². The minimum Gasteiger partial charge on any atom is -0.365 e. The summed E-state index contributed by atoms with van der Waals surface area (Å²) in [4.78, 5) is 25.8. The third kappa shape index (κ3) is 4.90. The normalized spacial score (nSPS) is 17.4. The smallest absolute Gasteiger partial charge is 0.253 e. The molecule has 0 aliphatic carbocycles. The zero-order valence-electron chi connectivity index (χ0n) is 14.1. The lowest BCUT2D eigenvalue weighted by Gasteiger charge is -2.32. The van der Waals surface area contributed by atoms with E-state index in [0.717, 1.165) is 11.3 Å². The minimum atomic E-state index is -0.196. The maximum atomic E-state index is 12.1. The topological polar surface area (TPSA) is 58.6 Å². The van der Waals surface area contributed by atoms with E-state index in [1.54, 1.807) is 4.90 Å². The molecule has 3 rings (SSSR count). The third-order valence-corrected chi connectivity index (χ3v) is 4.21.